The van der Waals surface area contributed by atoms with Gasteiger partial charge in [-0.1, -0.05) is 36.4 Å². The molecule has 1 N–H and O–H groups in total. The predicted octanol–water partition coefficient (Wildman–Crippen LogP) is 2.74. The summed E-state index contributed by atoms with van der Waals surface area (Å²) in [5, 5.41) is 3.46. The monoisotopic (exact) mass is 352 g/mol. The van der Waals surface area contributed by atoms with E-state index in [4.69, 9.17) is 4.74 Å². The number of aliphatic imine (C=N–C) groups is 1. The minimum Gasteiger partial charge on any atom is -0.376 e. The van der Waals surface area contributed by atoms with Gasteiger partial charge in [0.2, 0.25) is 0 Å². The van der Waals surface area contributed by atoms with E-state index < -0.39 is 0 Å². The van der Waals surface area contributed by atoms with Gasteiger partial charge in [0.1, 0.15) is 0 Å². The van der Waals surface area contributed by atoms with Crippen molar-refractivity contribution in [3.05, 3.63) is 66.0 Å². The van der Waals surface area contributed by atoms with Gasteiger partial charge in [-0.05, 0) is 24.1 Å². The third kappa shape index (κ3) is 5.56. The summed E-state index contributed by atoms with van der Waals surface area (Å²) >= 11 is 0. The van der Waals surface area contributed by atoms with Crippen molar-refractivity contribution in [2.75, 3.05) is 33.3 Å². The highest BCUT2D eigenvalue weighted by molar-refractivity contribution is 5.80. The lowest BCUT2D eigenvalue weighted by Gasteiger charge is -2.21. The molecule has 1 aromatic carbocycles. The molecular formula is C21H28N4O. The predicted molar refractivity (Wildman–Crippen MR) is 105 cm³/mol. The molecule has 0 saturated carbocycles. The smallest absolute Gasteiger partial charge is 0.193 e. The molecule has 5 nitrogen and oxygen atoms in total. The summed E-state index contributed by atoms with van der Waals surface area (Å²) < 4.78 is 5.91. The highest BCUT2D eigenvalue weighted by Crippen LogP contribution is 2.17. The fourth-order valence-corrected chi connectivity index (χ4v) is 3.26. The fraction of sp³-hybridized carbons (Fsp3) is 0.429. The second-order valence-electron chi connectivity index (χ2n) is 6.65. The van der Waals surface area contributed by atoms with Crippen LogP contribution < -0.4 is 5.32 Å². The molecule has 1 saturated heterocycles. The van der Waals surface area contributed by atoms with Crippen molar-refractivity contribution >= 4 is 5.96 Å². The molecule has 3 rings (SSSR count). The molecule has 5 heteroatoms. The Hall–Kier alpha value is -2.40. The summed E-state index contributed by atoms with van der Waals surface area (Å²) in [6, 6.07) is 16.4. The van der Waals surface area contributed by atoms with Gasteiger partial charge in [-0.3, -0.25) is 9.98 Å². The Bertz CT molecular complexity index is 675. The van der Waals surface area contributed by atoms with Crippen molar-refractivity contribution in [1.82, 2.24) is 15.2 Å². The van der Waals surface area contributed by atoms with E-state index in [1.54, 1.807) is 0 Å². The van der Waals surface area contributed by atoms with Crippen molar-refractivity contribution < 1.29 is 4.74 Å². The van der Waals surface area contributed by atoms with E-state index in [0.29, 0.717) is 12.5 Å². The van der Waals surface area contributed by atoms with Crippen LogP contribution in [-0.4, -0.2) is 49.1 Å². The van der Waals surface area contributed by atoms with E-state index in [0.717, 1.165) is 50.7 Å². The average molecular weight is 352 g/mol. The largest absolute Gasteiger partial charge is 0.376 e. The Morgan fingerprint density at radius 3 is 2.85 bits per heavy atom. The summed E-state index contributed by atoms with van der Waals surface area (Å²) in [6.07, 6.45) is 3.89. The van der Waals surface area contributed by atoms with Crippen LogP contribution >= 0.6 is 0 Å². The number of likely N-dealkylation sites (tertiary alicyclic amines) is 1. The van der Waals surface area contributed by atoms with Crippen molar-refractivity contribution in [3.8, 4) is 0 Å². The van der Waals surface area contributed by atoms with Gasteiger partial charge in [0.15, 0.2) is 5.96 Å². The molecule has 2 aromatic rings. The zero-order chi connectivity index (χ0) is 18.0. The molecule has 0 amide bonds. The maximum absolute atomic E-state index is 5.91. The van der Waals surface area contributed by atoms with Crippen LogP contribution in [0.3, 0.4) is 0 Å². The van der Waals surface area contributed by atoms with Gasteiger partial charge < -0.3 is 15.0 Å². The normalized spacial score (nSPS) is 17.5. The van der Waals surface area contributed by atoms with E-state index >= 15 is 0 Å². The number of nitrogens with one attached hydrogen (secondary N) is 1. The van der Waals surface area contributed by atoms with Gasteiger partial charge >= 0.3 is 0 Å². The van der Waals surface area contributed by atoms with Gasteiger partial charge in [0.05, 0.1) is 13.2 Å². The van der Waals surface area contributed by atoms with Gasteiger partial charge in [0.25, 0.3) is 0 Å². The molecule has 1 aliphatic rings. The number of rotatable bonds is 7. The Morgan fingerprint density at radius 1 is 1.23 bits per heavy atom. The standard InChI is InChI=1S/C21H28N4O/c1-22-21(24-13-10-20-9-5-6-12-23-20)25-14-11-19(15-25)17-26-16-18-7-3-2-4-8-18/h2-9,12,19H,10-11,13-17H2,1H3,(H,22,24). The minimum absolute atomic E-state index is 0.563. The first-order chi connectivity index (χ1) is 12.8. The summed E-state index contributed by atoms with van der Waals surface area (Å²) in [5.74, 6) is 1.54. The van der Waals surface area contributed by atoms with E-state index in [9.17, 15) is 0 Å². The highest BCUT2D eigenvalue weighted by Gasteiger charge is 2.24. The van der Waals surface area contributed by atoms with Crippen molar-refractivity contribution in [3.63, 3.8) is 0 Å². The molecule has 1 atom stereocenters. The number of ether oxygens (including phenoxy) is 1. The molecular weight excluding hydrogens is 324 g/mol. The molecule has 0 bridgehead atoms. The van der Waals surface area contributed by atoms with Crippen LogP contribution in [0.4, 0.5) is 0 Å². The van der Waals surface area contributed by atoms with E-state index in [2.05, 4.69) is 50.5 Å². The summed E-state index contributed by atoms with van der Waals surface area (Å²) in [5.41, 5.74) is 2.33. The van der Waals surface area contributed by atoms with Gasteiger partial charge in [0, 0.05) is 50.9 Å². The number of pyridine rings is 1. The van der Waals surface area contributed by atoms with Crippen LogP contribution in [-0.2, 0) is 17.8 Å². The minimum atomic E-state index is 0.563. The number of aromatic nitrogens is 1. The summed E-state index contributed by atoms with van der Waals surface area (Å²) in [7, 11) is 1.85. The Morgan fingerprint density at radius 2 is 2.08 bits per heavy atom. The quantitative estimate of drug-likeness (QED) is 0.615. The number of hydrogen-bond acceptors (Lipinski definition) is 3. The fourth-order valence-electron chi connectivity index (χ4n) is 3.26. The number of hydrogen-bond donors (Lipinski definition) is 1. The maximum atomic E-state index is 5.91. The Balaban J connectivity index is 1.37. The van der Waals surface area contributed by atoms with E-state index in [1.807, 2.05) is 31.4 Å². The molecule has 138 valence electrons. The van der Waals surface area contributed by atoms with Crippen LogP contribution in [0.2, 0.25) is 0 Å². The van der Waals surface area contributed by atoms with Crippen molar-refractivity contribution in [1.29, 1.82) is 0 Å². The lowest BCUT2D eigenvalue weighted by molar-refractivity contribution is 0.0907. The molecule has 1 aromatic heterocycles. The first-order valence-electron chi connectivity index (χ1n) is 9.32. The summed E-state index contributed by atoms with van der Waals surface area (Å²) in [4.78, 5) is 11.1. The number of benzene rings is 1. The third-order valence-corrected chi connectivity index (χ3v) is 4.65. The topological polar surface area (TPSA) is 49.8 Å². The third-order valence-electron chi connectivity index (χ3n) is 4.65. The summed E-state index contributed by atoms with van der Waals surface area (Å²) in [6.45, 7) is 4.36. The second kappa shape index (κ2) is 9.92. The number of nitrogens with zero attached hydrogens (tertiary/aromatic N) is 3. The number of guanidine groups is 1. The van der Waals surface area contributed by atoms with Gasteiger partial charge in [-0.2, -0.15) is 0 Å². The zero-order valence-electron chi connectivity index (χ0n) is 15.5. The van der Waals surface area contributed by atoms with Crippen LogP contribution in [0.25, 0.3) is 0 Å². The van der Waals surface area contributed by atoms with Crippen molar-refractivity contribution in [2.45, 2.75) is 19.4 Å². The lowest BCUT2D eigenvalue weighted by Crippen LogP contribution is -2.41. The molecule has 0 spiro atoms. The van der Waals surface area contributed by atoms with Crippen LogP contribution in [0.5, 0.6) is 0 Å². The zero-order valence-corrected chi connectivity index (χ0v) is 15.5. The van der Waals surface area contributed by atoms with Gasteiger partial charge in [-0.25, -0.2) is 0 Å². The first-order valence-corrected chi connectivity index (χ1v) is 9.32. The average Bonchev–Trinajstić information content (AvgIpc) is 3.16. The van der Waals surface area contributed by atoms with Crippen molar-refractivity contribution in [2.24, 2.45) is 10.9 Å². The first kappa shape index (κ1) is 18.4. The Kier molecular flexibility index (Phi) is 7.02. The van der Waals surface area contributed by atoms with Gasteiger partial charge in [-0.15, -0.1) is 0 Å². The van der Waals surface area contributed by atoms with Crippen LogP contribution in [0, 0.1) is 5.92 Å². The second-order valence-corrected chi connectivity index (χ2v) is 6.65. The van der Waals surface area contributed by atoms with Crippen LogP contribution in [0.1, 0.15) is 17.7 Å². The van der Waals surface area contributed by atoms with E-state index in [-0.39, 0.29) is 0 Å². The molecule has 1 fully saturated rings. The molecule has 1 aliphatic heterocycles. The Labute approximate surface area is 156 Å². The maximum Gasteiger partial charge on any atom is 0.193 e. The SMILES string of the molecule is CN=C(NCCc1ccccn1)N1CCC(COCc2ccccc2)C1. The van der Waals surface area contributed by atoms with E-state index in [1.165, 1.54) is 5.56 Å². The highest BCUT2D eigenvalue weighted by atomic mass is 16.5. The molecule has 0 aliphatic carbocycles. The van der Waals surface area contributed by atoms with Crippen LogP contribution in [0.15, 0.2) is 59.7 Å². The molecule has 26 heavy (non-hydrogen) atoms. The molecule has 1 unspecified atom stereocenters. The molecule has 2 heterocycles. The molecule has 0 radical (unpaired) electrons. The lowest BCUT2D eigenvalue weighted by atomic mass is 10.1.